The molecule has 0 fully saturated rings. The molecule has 3 rings (SSSR count). The molecule has 0 spiro atoms. The third-order valence-corrected chi connectivity index (χ3v) is 5.41. The van der Waals surface area contributed by atoms with Crippen molar-refractivity contribution in [1.29, 1.82) is 0 Å². The van der Waals surface area contributed by atoms with Crippen LogP contribution >= 0.6 is 11.3 Å². The first-order valence-corrected chi connectivity index (χ1v) is 9.72. The van der Waals surface area contributed by atoms with Crippen molar-refractivity contribution in [3.8, 4) is 0 Å². The van der Waals surface area contributed by atoms with Crippen LogP contribution in [0.15, 0.2) is 58.9 Å². The topological polar surface area (TPSA) is 118 Å². The SMILES string of the molecule is O=C(Nc1ccc(S(=O)(=O)Nc2nncs2)cc1)C(=O)c1ccc(F)cc1. The highest BCUT2D eigenvalue weighted by molar-refractivity contribution is 7.93. The molecule has 11 heteroatoms. The third-order valence-electron chi connectivity index (χ3n) is 3.32. The number of carbonyl (C=O) groups is 2. The Balaban J connectivity index is 1.69. The number of hydrogen-bond acceptors (Lipinski definition) is 7. The molecule has 2 N–H and O–H groups in total. The maximum Gasteiger partial charge on any atom is 0.296 e. The molecule has 2 aromatic carbocycles. The fourth-order valence-corrected chi connectivity index (χ4v) is 3.72. The minimum Gasteiger partial charge on any atom is -0.319 e. The molecule has 0 aliphatic heterocycles. The van der Waals surface area contributed by atoms with Gasteiger partial charge in [-0.15, -0.1) is 10.2 Å². The van der Waals surface area contributed by atoms with Crippen molar-refractivity contribution in [1.82, 2.24) is 10.2 Å². The Bertz CT molecular complexity index is 1070. The van der Waals surface area contributed by atoms with Crippen LogP contribution in [0.1, 0.15) is 10.4 Å². The second-order valence-electron chi connectivity index (χ2n) is 5.16. The van der Waals surface area contributed by atoms with Gasteiger partial charge in [0.2, 0.25) is 5.13 Å². The smallest absolute Gasteiger partial charge is 0.296 e. The number of halogens is 1. The molecule has 0 radical (unpaired) electrons. The molecule has 0 aliphatic carbocycles. The summed E-state index contributed by atoms with van der Waals surface area (Å²) in [5.74, 6) is -2.29. The number of benzene rings is 2. The van der Waals surface area contributed by atoms with E-state index in [-0.39, 0.29) is 21.3 Å². The number of aromatic nitrogens is 2. The Labute approximate surface area is 157 Å². The normalized spacial score (nSPS) is 11.0. The Hall–Kier alpha value is -3.18. The van der Waals surface area contributed by atoms with E-state index in [1.807, 2.05) is 0 Å². The first-order valence-electron chi connectivity index (χ1n) is 7.35. The second-order valence-corrected chi connectivity index (χ2v) is 7.68. The van der Waals surface area contributed by atoms with Gasteiger partial charge in [-0.3, -0.25) is 14.3 Å². The van der Waals surface area contributed by atoms with Gasteiger partial charge >= 0.3 is 0 Å². The summed E-state index contributed by atoms with van der Waals surface area (Å²) in [7, 11) is -3.85. The van der Waals surface area contributed by atoms with Crippen molar-refractivity contribution < 1.29 is 22.4 Å². The zero-order valence-electron chi connectivity index (χ0n) is 13.4. The molecule has 0 saturated carbocycles. The number of rotatable bonds is 6. The number of ketones is 1. The summed E-state index contributed by atoms with van der Waals surface area (Å²) in [4.78, 5) is 23.9. The lowest BCUT2D eigenvalue weighted by Gasteiger charge is -2.07. The van der Waals surface area contributed by atoms with E-state index in [0.29, 0.717) is 0 Å². The lowest BCUT2D eigenvalue weighted by molar-refractivity contribution is -0.112. The van der Waals surface area contributed by atoms with Crippen LogP contribution in [-0.4, -0.2) is 30.3 Å². The van der Waals surface area contributed by atoms with E-state index in [9.17, 15) is 22.4 Å². The van der Waals surface area contributed by atoms with E-state index >= 15 is 0 Å². The highest BCUT2D eigenvalue weighted by Crippen LogP contribution is 2.19. The Kier molecular flexibility index (Phi) is 5.23. The second kappa shape index (κ2) is 7.60. The summed E-state index contributed by atoms with van der Waals surface area (Å²) in [6.07, 6.45) is 0. The minimum atomic E-state index is -3.85. The predicted molar refractivity (Wildman–Crippen MR) is 96.5 cm³/mol. The monoisotopic (exact) mass is 406 g/mol. The first-order chi connectivity index (χ1) is 12.8. The van der Waals surface area contributed by atoms with E-state index in [0.717, 1.165) is 23.5 Å². The highest BCUT2D eigenvalue weighted by Gasteiger charge is 2.18. The molecule has 0 aliphatic rings. The Morgan fingerprint density at radius 1 is 1.00 bits per heavy atom. The summed E-state index contributed by atoms with van der Waals surface area (Å²) in [5, 5.41) is 9.62. The molecule has 1 heterocycles. The van der Waals surface area contributed by atoms with Gasteiger partial charge in [-0.2, -0.15) is 0 Å². The lowest BCUT2D eigenvalue weighted by Crippen LogP contribution is -2.23. The van der Waals surface area contributed by atoms with Gasteiger partial charge in [0.15, 0.2) is 0 Å². The minimum absolute atomic E-state index is 0.0364. The average Bonchev–Trinajstić information content (AvgIpc) is 3.14. The number of anilines is 2. The Morgan fingerprint density at radius 2 is 1.67 bits per heavy atom. The molecule has 8 nitrogen and oxygen atoms in total. The Morgan fingerprint density at radius 3 is 2.26 bits per heavy atom. The zero-order chi connectivity index (χ0) is 19.4. The highest BCUT2D eigenvalue weighted by atomic mass is 32.2. The number of nitrogens with one attached hydrogen (secondary N) is 2. The van der Waals surface area contributed by atoms with Gasteiger partial charge in [-0.05, 0) is 48.5 Å². The van der Waals surface area contributed by atoms with Crippen LogP contribution in [0, 0.1) is 5.82 Å². The molecule has 138 valence electrons. The number of sulfonamides is 1. The van der Waals surface area contributed by atoms with Gasteiger partial charge in [-0.1, -0.05) is 11.3 Å². The maximum atomic E-state index is 12.9. The average molecular weight is 406 g/mol. The summed E-state index contributed by atoms with van der Waals surface area (Å²) in [5.41, 5.74) is 1.65. The number of amides is 1. The molecule has 1 amide bonds. The molecule has 27 heavy (non-hydrogen) atoms. The molecule has 0 saturated heterocycles. The van der Waals surface area contributed by atoms with Crippen LogP contribution in [0.4, 0.5) is 15.2 Å². The van der Waals surface area contributed by atoms with Gasteiger partial charge < -0.3 is 5.32 Å². The predicted octanol–water partition coefficient (Wildman–Crippen LogP) is 2.30. The van der Waals surface area contributed by atoms with E-state index in [2.05, 4.69) is 20.2 Å². The number of Topliss-reactive ketones (excluding diaryl/α,β-unsaturated/α-hetero) is 1. The van der Waals surface area contributed by atoms with Crippen molar-refractivity contribution in [2.75, 3.05) is 10.0 Å². The van der Waals surface area contributed by atoms with Crippen LogP contribution < -0.4 is 10.0 Å². The molecule has 0 bridgehead atoms. The van der Waals surface area contributed by atoms with Gasteiger partial charge in [0.05, 0.1) is 4.90 Å². The quantitative estimate of drug-likeness (QED) is 0.479. The summed E-state index contributed by atoms with van der Waals surface area (Å²) >= 11 is 1.03. The first kappa shape index (κ1) is 18.6. The largest absolute Gasteiger partial charge is 0.319 e. The third kappa shape index (κ3) is 4.51. The van der Waals surface area contributed by atoms with E-state index < -0.39 is 27.5 Å². The van der Waals surface area contributed by atoms with E-state index in [4.69, 9.17) is 0 Å². The maximum absolute atomic E-state index is 12.9. The standard InChI is InChI=1S/C16H11FN4O4S2/c17-11-3-1-10(2-4-11)14(22)15(23)19-12-5-7-13(8-6-12)27(24,25)21-16-20-18-9-26-16/h1-9H,(H,19,23)(H,20,21). The van der Waals surface area contributed by atoms with Crippen molar-refractivity contribution in [3.05, 3.63) is 65.4 Å². The fourth-order valence-electron chi connectivity index (χ4n) is 2.03. The number of hydrogen-bond donors (Lipinski definition) is 2. The van der Waals surface area contributed by atoms with Crippen molar-refractivity contribution >= 4 is 43.9 Å². The summed E-state index contributed by atoms with van der Waals surface area (Å²) in [6.45, 7) is 0. The zero-order valence-corrected chi connectivity index (χ0v) is 15.1. The van der Waals surface area contributed by atoms with Crippen LogP contribution in [0.5, 0.6) is 0 Å². The van der Waals surface area contributed by atoms with Crippen molar-refractivity contribution in [2.24, 2.45) is 0 Å². The molecule has 0 unspecified atom stereocenters. The molecule has 3 aromatic rings. The number of carbonyl (C=O) groups excluding carboxylic acids is 2. The van der Waals surface area contributed by atoms with Crippen molar-refractivity contribution in [2.45, 2.75) is 4.90 Å². The van der Waals surface area contributed by atoms with Crippen LogP contribution in [0.2, 0.25) is 0 Å². The van der Waals surface area contributed by atoms with Gasteiger partial charge in [0, 0.05) is 11.3 Å². The number of nitrogens with zero attached hydrogens (tertiary/aromatic N) is 2. The van der Waals surface area contributed by atoms with Gasteiger partial charge in [0.1, 0.15) is 11.3 Å². The van der Waals surface area contributed by atoms with Gasteiger partial charge in [0.25, 0.3) is 21.7 Å². The van der Waals surface area contributed by atoms with Crippen LogP contribution in [0.3, 0.4) is 0 Å². The van der Waals surface area contributed by atoms with E-state index in [1.54, 1.807) is 0 Å². The fraction of sp³-hybridized carbons (Fsp3) is 0. The summed E-state index contributed by atoms with van der Waals surface area (Å²) in [6, 6.07) is 9.76. The van der Waals surface area contributed by atoms with Crippen molar-refractivity contribution in [3.63, 3.8) is 0 Å². The summed E-state index contributed by atoms with van der Waals surface area (Å²) < 4.78 is 39.6. The van der Waals surface area contributed by atoms with Crippen LogP contribution in [-0.2, 0) is 14.8 Å². The molecule has 0 atom stereocenters. The van der Waals surface area contributed by atoms with Gasteiger partial charge in [-0.25, -0.2) is 12.8 Å². The molecular weight excluding hydrogens is 395 g/mol. The molecular formula is C16H11FN4O4S2. The van der Waals surface area contributed by atoms with E-state index in [1.165, 1.54) is 41.9 Å². The lowest BCUT2D eigenvalue weighted by atomic mass is 10.1. The van der Waals surface area contributed by atoms with Crippen LogP contribution in [0.25, 0.3) is 0 Å². The molecule has 1 aromatic heterocycles.